The summed E-state index contributed by atoms with van der Waals surface area (Å²) in [6.45, 7) is 4.25. The van der Waals surface area contributed by atoms with E-state index in [-0.39, 0.29) is 22.4 Å². The molecule has 0 bridgehead atoms. The lowest BCUT2D eigenvalue weighted by Crippen LogP contribution is -2.33. The van der Waals surface area contributed by atoms with Crippen molar-refractivity contribution in [2.45, 2.75) is 26.3 Å². The molecular weight excluding hydrogens is 308 g/mol. The van der Waals surface area contributed by atoms with Gasteiger partial charge in [0.2, 0.25) is 0 Å². The van der Waals surface area contributed by atoms with Crippen LogP contribution in [0.3, 0.4) is 0 Å². The number of hydrogen-bond donors (Lipinski definition) is 1. The van der Waals surface area contributed by atoms with Crippen LogP contribution in [0.2, 0.25) is 0 Å². The molecule has 110 valence electrons. The number of fused-ring (bicyclic) bond motifs is 1. The van der Waals surface area contributed by atoms with Crippen LogP contribution in [0.15, 0.2) is 11.4 Å². The van der Waals surface area contributed by atoms with Gasteiger partial charge >= 0.3 is 5.97 Å². The highest BCUT2D eigenvalue weighted by Gasteiger charge is 2.29. The summed E-state index contributed by atoms with van der Waals surface area (Å²) in [5.41, 5.74) is 1.13. The Morgan fingerprint density at radius 2 is 2.24 bits per heavy atom. The molecule has 5 nitrogen and oxygen atoms in total. The zero-order valence-electron chi connectivity index (χ0n) is 11.6. The SMILES string of the molecule is CC(=O)c1sc(N2CCc3sccc3C2C)nc1C(=O)O. The van der Waals surface area contributed by atoms with E-state index >= 15 is 0 Å². The van der Waals surface area contributed by atoms with E-state index in [0.29, 0.717) is 5.13 Å². The number of aromatic carboxylic acids is 1. The Morgan fingerprint density at radius 3 is 2.86 bits per heavy atom. The molecule has 7 heteroatoms. The fourth-order valence-corrected chi connectivity index (χ4v) is 4.61. The third kappa shape index (κ3) is 2.36. The quantitative estimate of drug-likeness (QED) is 0.879. The third-order valence-electron chi connectivity index (χ3n) is 3.66. The van der Waals surface area contributed by atoms with Crippen molar-refractivity contribution >= 4 is 39.6 Å². The second-order valence-corrected chi connectivity index (χ2v) is 6.93. The second kappa shape index (κ2) is 5.23. The van der Waals surface area contributed by atoms with Crippen molar-refractivity contribution in [1.29, 1.82) is 0 Å². The summed E-state index contributed by atoms with van der Waals surface area (Å²) in [5, 5.41) is 11.9. The molecule has 3 heterocycles. The van der Waals surface area contributed by atoms with E-state index in [9.17, 15) is 14.7 Å². The van der Waals surface area contributed by atoms with Gasteiger partial charge in [-0.2, -0.15) is 0 Å². The number of hydrogen-bond acceptors (Lipinski definition) is 6. The van der Waals surface area contributed by atoms with Crippen LogP contribution in [0.4, 0.5) is 5.13 Å². The highest BCUT2D eigenvalue weighted by molar-refractivity contribution is 7.17. The Hall–Kier alpha value is -1.73. The van der Waals surface area contributed by atoms with E-state index < -0.39 is 5.97 Å². The zero-order valence-corrected chi connectivity index (χ0v) is 13.3. The van der Waals surface area contributed by atoms with Gasteiger partial charge in [0.1, 0.15) is 4.88 Å². The first-order chi connectivity index (χ1) is 9.99. The molecule has 0 saturated carbocycles. The van der Waals surface area contributed by atoms with Gasteiger partial charge in [0.05, 0.1) is 6.04 Å². The van der Waals surface area contributed by atoms with Gasteiger partial charge in [-0.3, -0.25) is 4.79 Å². The molecule has 0 aromatic carbocycles. The average molecular weight is 322 g/mol. The van der Waals surface area contributed by atoms with Crippen molar-refractivity contribution in [2.75, 3.05) is 11.4 Å². The summed E-state index contributed by atoms with van der Waals surface area (Å²) in [5.74, 6) is -1.40. The summed E-state index contributed by atoms with van der Waals surface area (Å²) in [4.78, 5) is 30.7. The maximum atomic E-state index is 11.6. The molecule has 3 rings (SSSR count). The molecule has 2 aromatic heterocycles. The van der Waals surface area contributed by atoms with Gasteiger partial charge < -0.3 is 10.0 Å². The largest absolute Gasteiger partial charge is 0.476 e. The second-order valence-electron chi connectivity index (χ2n) is 4.95. The van der Waals surface area contributed by atoms with E-state index in [1.165, 1.54) is 28.7 Å². The van der Waals surface area contributed by atoms with Crippen molar-refractivity contribution < 1.29 is 14.7 Å². The van der Waals surface area contributed by atoms with Crippen LogP contribution < -0.4 is 4.90 Å². The molecular formula is C14H14N2O3S2. The number of rotatable bonds is 3. The molecule has 1 aliphatic heterocycles. The van der Waals surface area contributed by atoms with Gasteiger partial charge in [-0.15, -0.1) is 11.3 Å². The van der Waals surface area contributed by atoms with Gasteiger partial charge in [0.15, 0.2) is 16.6 Å². The molecule has 1 N–H and O–H groups in total. The van der Waals surface area contributed by atoms with Crippen molar-refractivity contribution in [2.24, 2.45) is 0 Å². The number of carbonyl (C=O) groups is 2. The van der Waals surface area contributed by atoms with Crippen LogP contribution in [0.5, 0.6) is 0 Å². The minimum Gasteiger partial charge on any atom is -0.476 e. The number of Topliss-reactive ketones (excluding diaryl/α,β-unsaturated/α-hetero) is 1. The molecule has 1 atom stereocenters. The lowest BCUT2D eigenvalue weighted by molar-refractivity contribution is 0.0687. The van der Waals surface area contributed by atoms with E-state index in [1.54, 1.807) is 11.3 Å². The Bertz CT molecular complexity index is 688. The predicted octanol–water partition coefficient (Wildman–Crippen LogP) is 3.23. The molecule has 0 spiro atoms. The molecule has 0 aliphatic carbocycles. The fourth-order valence-electron chi connectivity index (χ4n) is 2.59. The van der Waals surface area contributed by atoms with Gasteiger partial charge in [-0.25, -0.2) is 9.78 Å². The summed E-state index contributed by atoms with van der Waals surface area (Å²) in [7, 11) is 0. The van der Waals surface area contributed by atoms with Crippen molar-refractivity contribution in [3.8, 4) is 0 Å². The smallest absolute Gasteiger partial charge is 0.356 e. The summed E-state index contributed by atoms with van der Waals surface area (Å²) in [6, 6.07) is 2.25. The molecule has 0 amide bonds. The first-order valence-electron chi connectivity index (χ1n) is 6.57. The number of nitrogens with zero attached hydrogens (tertiary/aromatic N) is 2. The Labute approximate surface area is 129 Å². The summed E-state index contributed by atoms with van der Waals surface area (Å²) < 4.78 is 0. The number of carboxylic acid groups (broad SMARTS) is 1. The number of carboxylic acids is 1. The van der Waals surface area contributed by atoms with Crippen molar-refractivity contribution in [3.05, 3.63) is 32.5 Å². The number of aromatic nitrogens is 1. The Kier molecular flexibility index (Phi) is 3.54. The van der Waals surface area contributed by atoms with Crippen LogP contribution in [-0.2, 0) is 6.42 Å². The highest BCUT2D eigenvalue weighted by atomic mass is 32.1. The van der Waals surface area contributed by atoms with Crippen LogP contribution in [-0.4, -0.2) is 28.4 Å². The number of carbonyl (C=O) groups excluding carboxylic acids is 1. The number of anilines is 1. The van der Waals surface area contributed by atoms with Crippen molar-refractivity contribution in [1.82, 2.24) is 4.98 Å². The normalized spacial score (nSPS) is 17.6. The highest BCUT2D eigenvalue weighted by Crippen LogP contribution is 2.38. The van der Waals surface area contributed by atoms with Gasteiger partial charge in [-0.1, -0.05) is 11.3 Å². The summed E-state index contributed by atoms with van der Waals surface area (Å²) >= 11 is 2.92. The molecule has 0 radical (unpaired) electrons. The van der Waals surface area contributed by atoms with E-state index in [2.05, 4.69) is 28.3 Å². The van der Waals surface area contributed by atoms with E-state index in [4.69, 9.17) is 0 Å². The average Bonchev–Trinajstić information content (AvgIpc) is 3.05. The van der Waals surface area contributed by atoms with E-state index in [0.717, 1.165) is 13.0 Å². The van der Waals surface area contributed by atoms with Gasteiger partial charge in [0, 0.05) is 18.3 Å². The van der Waals surface area contributed by atoms with Gasteiger partial charge in [-0.05, 0) is 30.4 Å². The first kappa shape index (κ1) is 14.2. The van der Waals surface area contributed by atoms with Crippen LogP contribution in [0.25, 0.3) is 0 Å². The maximum Gasteiger partial charge on any atom is 0.356 e. The monoisotopic (exact) mass is 322 g/mol. The predicted molar refractivity (Wildman–Crippen MR) is 82.9 cm³/mol. The minimum atomic E-state index is -1.15. The minimum absolute atomic E-state index is 0.134. The van der Waals surface area contributed by atoms with E-state index in [1.807, 2.05) is 0 Å². The molecule has 0 fully saturated rings. The number of ketones is 1. The van der Waals surface area contributed by atoms with Gasteiger partial charge in [0.25, 0.3) is 0 Å². The molecule has 2 aromatic rings. The third-order valence-corrected chi connectivity index (χ3v) is 5.85. The topological polar surface area (TPSA) is 70.5 Å². The summed E-state index contributed by atoms with van der Waals surface area (Å²) in [6.07, 6.45) is 0.925. The van der Waals surface area contributed by atoms with Crippen LogP contribution in [0, 0.1) is 0 Å². The van der Waals surface area contributed by atoms with Crippen LogP contribution >= 0.6 is 22.7 Å². The lowest BCUT2D eigenvalue weighted by atomic mass is 10.0. The Balaban J connectivity index is 2.00. The molecule has 1 unspecified atom stereocenters. The molecule has 21 heavy (non-hydrogen) atoms. The number of thiophene rings is 1. The number of thiazole rings is 1. The van der Waals surface area contributed by atoms with Crippen LogP contribution in [0.1, 0.15) is 50.5 Å². The fraction of sp³-hybridized carbons (Fsp3) is 0.357. The zero-order chi connectivity index (χ0) is 15.1. The first-order valence-corrected chi connectivity index (χ1v) is 8.26. The molecule has 1 aliphatic rings. The maximum absolute atomic E-state index is 11.6. The lowest BCUT2D eigenvalue weighted by Gasteiger charge is -2.33. The van der Waals surface area contributed by atoms with Crippen molar-refractivity contribution in [3.63, 3.8) is 0 Å². The molecule has 0 saturated heterocycles. The standard InChI is InChI=1S/C14H14N2O3S2/c1-7-9-4-6-20-10(9)3-5-16(7)14-15-11(13(18)19)12(21-14)8(2)17/h4,6-7H,3,5H2,1-2H3,(H,18,19). The Morgan fingerprint density at radius 1 is 1.48 bits per heavy atom.